The molecule has 0 spiro atoms. The molecule has 0 aliphatic rings. The summed E-state index contributed by atoms with van der Waals surface area (Å²) in [5, 5.41) is 0. The van der Waals surface area contributed by atoms with Gasteiger partial charge in [-0.25, -0.2) is 0 Å². The van der Waals surface area contributed by atoms with Crippen LogP contribution in [0, 0.1) is 0 Å². The molecule has 0 aromatic rings. The van der Waals surface area contributed by atoms with E-state index >= 15 is 0 Å². The number of hydrogen-bond acceptors (Lipinski definition) is 16. The van der Waals surface area contributed by atoms with Crippen LogP contribution in [0.15, 0.2) is 0 Å². The molecule has 0 amide bonds. The van der Waals surface area contributed by atoms with Crippen LogP contribution in [-0.2, 0) is 60.3 Å². The topological polar surface area (TPSA) is 185 Å². The predicted octanol–water partition coefficient (Wildman–Crippen LogP) is -4.76. The zero-order valence-corrected chi connectivity index (χ0v) is 30.8. The fourth-order valence-electron chi connectivity index (χ4n) is 2.41. The van der Waals surface area contributed by atoms with Gasteiger partial charge in [0.1, 0.15) is 24.4 Å². The average Bonchev–Trinajstić information content (AvgIpc) is 2.71. The van der Waals surface area contributed by atoms with E-state index in [9.17, 15) is 36.7 Å². The number of carbonyl (C=O) groups excluding carboxylic acids is 4. The maximum Gasteiger partial charge on any atom is 1.00 e. The summed E-state index contributed by atoms with van der Waals surface area (Å²) < 4.78 is 64.6. The monoisotopic (exact) mass is 674 g/mol. The molecule has 0 saturated carbocycles. The number of esters is 4. The third-order valence-electron chi connectivity index (χ3n) is 3.58. The van der Waals surface area contributed by atoms with E-state index in [2.05, 4.69) is 0 Å². The Balaban J connectivity index is -0.00000612. The Morgan fingerprint density at radius 2 is 0.842 bits per heavy atom. The van der Waals surface area contributed by atoms with Crippen molar-refractivity contribution in [1.82, 2.24) is 0 Å². The molecule has 20 heteroatoms. The van der Waals surface area contributed by atoms with Crippen LogP contribution in [0.1, 0.15) is 27.7 Å². The van der Waals surface area contributed by atoms with Gasteiger partial charge in [0.25, 0.3) is 0 Å². The number of ether oxygens (including phenoxy) is 4. The maximum absolute atomic E-state index is 11.4. The first-order valence-corrected chi connectivity index (χ1v) is 17.6. The molecule has 38 heavy (non-hydrogen) atoms. The Hall–Kier alpha value is 1.50. The minimum absolute atomic E-state index is 0. The van der Waals surface area contributed by atoms with Crippen LogP contribution in [-0.4, -0.2) is 100 Å². The van der Waals surface area contributed by atoms with E-state index in [1.807, 2.05) is 0 Å². The van der Waals surface area contributed by atoms with Gasteiger partial charge in [-0.3, -0.25) is 27.6 Å². The maximum atomic E-state index is 11.4. The van der Waals surface area contributed by atoms with Crippen molar-refractivity contribution >= 4 is 89.2 Å². The molecule has 0 aliphatic heterocycles. The van der Waals surface area contributed by atoms with Crippen LogP contribution >= 0.6 is 43.2 Å². The average molecular weight is 675 g/mol. The Bertz CT molecular complexity index is 684. The van der Waals surface area contributed by atoms with Crippen molar-refractivity contribution in [2.24, 2.45) is 0 Å². The number of rotatable bonds is 19. The van der Waals surface area contributed by atoms with Crippen molar-refractivity contribution in [3.05, 3.63) is 0 Å². The third kappa shape index (κ3) is 25.2. The number of carbonyl (C=O) groups is 4. The SMILES string of the molecule is CC(=O)O[C@@H](CSSCCSSC[C@H](OC(C)=O)[C@@H](CS(=O)[O-])OC(C)=O)[C@@H](CS(=O)[O-])OC(C)=O.[Na+].[Na+]. The van der Waals surface area contributed by atoms with Crippen molar-refractivity contribution in [2.45, 2.75) is 52.1 Å². The minimum Gasteiger partial charge on any atom is -0.772 e. The first-order valence-electron chi connectivity index (χ1n) is 10.1. The predicted molar refractivity (Wildman–Crippen MR) is 140 cm³/mol. The summed E-state index contributed by atoms with van der Waals surface area (Å²) in [5.74, 6) is -2.07. The van der Waals surface area contributed by atoms with Crippen molar-refractivity contribution in [1.29, 1.82) is 0 Å². The van der Waals surface area contributed by atoms with Crippen LogP contribution in [0.5, 0.6) is 0 Å². The molecule has 0 fully saturated rings. The summed E-state index contributed by atoms with van der Waals surface area (Å²) in [6, 6.07) is 0. The third-order valence-corrected chi connectivity index (χ3v) is 9.86. The second-order valence-electron chi connectivity index (χ2n) is 6.75. The molecule has 0 radical (unpaired) electrons. The summed E-state index contributed by atoms with van der Waals surface area (Å²) >= 11 is -5.02. The molecule has 6 atom stereocenters. The van der Waals surface area contributed by atoms with Crippen LogP contribution in [0.25, 0.3) is 0 Å². The second-order valence-corrected chi connectivity index (χ2v) is 13.9. The summed E-state index contributed by atoms with van der Waals surface area (Å²) in [6.07, 6.45) is -4.15. The van der Waals surface area contributed by atoms with Crippen LogP contribution in [0.2, 0.25) is 0 Å². The first-order chi connectivity index (χ1) is 16.8. The van der Waals surface area contributed by atoms with E-state index in [0.717, 1.165) is 13.8 Å². The molecule has 0 heterocycles. The summed E-state index contributed by atoms with van der Waals surface area (Å²) in [5.41, 5.74) is 0. The van der Waals surface area contributed by atoms with Crippen molar-refractivity contribution in [2.75, 3.05) is 34.5 Å². The minimum atomic E-state index is -2.51. The Morgan fingerprint density at radius 1 is 0.579 bits per heavy atom. The van der Waals surface area contributed by atoms with Crippen LogP contribution in [0.3, 0.4) is 0 Å². The van der Waals surface area contributed by atoms with Crippen molar-refractivity contribution < 1.29 is 115 Å². The van der Waals surface area contributed by atoms with Gasteiger partial charge in [-0.15, -0.1) is 0 Å². The van der Waals surface area contributed by atoms with E-state index in [0.29, 0.717) is 11.5 Å². The molecular formula is C18H28Na2O12S6. The summed E-state index contributed by atoms with van der Waals surface area (Å²) in [7, 11) is 5.45. The number of hydrogen-bond donors (Lipinski definition) is 0. The van der Waals surface area contributed by atoms with Crippen LogP contribution in [0.4, 0.5) is 0 Å². The smallest absolute Gasteiger partial charge is 0.772 e. The summed E-state index contributed by atoms with van der Waals surface area (Å²) in [4.78, 5) is 45.4. The van der Waals surface area contributed by atoms with Gasteiger partial charge >= 0.3 is 83.0 Å². The Morgan fingerprint density at radius 3 is 1.08 bits per heavy atom. The van der Waals surface area contributed by atoms with Gasteiger partial charge in [0, 0.05) is 50.7 Å². The van der Waals surface area contributed by atoms with Gasteiger partial charge in [-0.2, -0.15) is 0 Å². The molecule has 0 aliphatic carbocycles. The summed E-state index contributed by atoms with van der Waals surface area (Å²) in [6.45, 7) is 4.59. The van der Waals surface area contributed by atoms with E-state index in [4.69, 9.17) is 18.9 Å². The Labute approximate surface area is 287 Å². The zero-order chi connectivity index (χ0) is 27.7. The Kier molecular flexibility index (Phi) is 30.2. The van der Waals surface area contributed by atoms with E-state index < -0.39 is 82.0 Å². The van der Waals surface area contributed by atoms with E-state index in [-0.39, 0.29) is 70.6 Å². The first kappa shape index (κ1) is 43.9. The van der Waals surface area contributed by atoms with E-state index in [1.165, 1.54) is 57.0 Å². The van der Waals surface area contributed by atoms with Gasteiger partial charge < -0.3 is 28.1 Å². The standard InChI is InChI=1S/C18H30O12S6.2Na/c1-11(19)27-15(17(9-35(23)24)29-13(3)21)7-33-31-5-6-32-34-8-16(28-12(2)20)18(10-36(25)26)30-14(4)22;;/h15-18H,5-10H2,1-4H3,(H,23,24)(H,25,26);;/q;2*+1/p-2/t15-,16-,17+,18+;;/m0../s1. The van der Waals surface area contributed by atoms with Crippen molar-refractivity contribution in [3.8, 4) is 0 Å². The second kappa shape index (κ2) is 26.2. The molecule has 0 saturated heterocycles. The molecule has 210 valence electrons. The quantitative estimate of drug-likeness (QED) is 0.0317. The largest absolute Gasteiger partial charge is 1.00 e. The molecule has 2 unspecified atom stereocenters. The molecule has 0 bridgehead atoms. The fourth-order valence-corrected chi connectivity index (χ4v) is 8.63. The van der Waals surface area contributed by atoms with Gasteiger partial charge in [0.05, 0.1) is 11.5 Å². The molecule has 0 aromatic carbocycles. The van der Waals surface area contributed by atoms with Gasteiger partial charge in [0.2, 0.25) is 0 Å². The normalized spacial score (nSPS) is 15.2. The van der Waals surface area contributed by atoms with E-state index in [1.54, 1.807) is 0 Å². The zero-order valence-electron chi connectivity index (χ0n) is 21.9. The van der Waals surface area contributed by atoms with Gasteiger partial charge in [0.15, 0.2) is 0 Å². The molecule has 12 nitrogen and oxygen atoms in total. The van der Waals surface area contributed by atoms with Crippen LogP contribution < -0.4 is 59.1 Å². The molecule has 0 N–H and O–H groups in total. The van der Waals surface area contributed by atoms with Gasteiger partial charge in [-0.1, -0.05) is 65.3 Å². The van der Waals surface area contributed by atoms with Crippen molar-refractivity contribution in [3.63, 3.8) is 0 Å². The molecular weight excluding hydrogens is 647 g/mol. The molecule has 0 aromatic heterocycles. The fraction of sp³-hybridized carbons (Fsp3) is 0.778. The molecule has 0 rings (SSSR count). The van der Waals surface area contributed by atoms with Gasteiger partial charge in [-0.05, 0) is 0 Å².